The van der Waals surface area contributed by atoms with Crippen molar-refractivity contribution in [3.8, 4) is 0 Å². The van der Waals surface area contributed by atoms with Crippen molar-refractivity contribution in [2.24, 2.45) is 5.92 Å². The van der Waals surface area contributed by atoms with E-state index in [0.717, 1.165) is 6.42 Å². The second-order valence-electron chi connectivity index (χ2n) is 7.38. The molecule has 3 rings (SSSR count). The average Bonchev–Trinajstić information content (AvgIpc) is 2.66. The average molecular weight is 349 g/mol. The number of carbonyl (C=O) groups excluding carboxylic acids is 2. The molecule has 1 saturated heterocycles. The minimum absolute atomic E-state index is 0.0510. The van der Waals surface area contributed by atoms with Crippen molar-refractivity contribution >= 4 is 17.6 Å². The van der Waals surface area contributed by atoms with Crippen LogP contribution in [0.1, 0.15) is 32.8 Å². The summed E-state index contributed by atoms with van der Waals surface area (Å²) in [5.41, 5.74) is 0.213. The molecule has 2 aliphatic heterocycles. The summed E-state index contributed by atoms with van der Waals surface area (Å²) in [6, 6.07) is 3.23. The molecule has 136 valence electrons. The van der Waals surface area contributed by atoms with Gasteiger partial charge in [0.05, 0.1) is 25.2 Å². The van der Waals surface area contributed by atoms with E-state index >= 15 is 0 Å². The normalized spacial score (nSPS) is 23.2. The van der Waals surface area contributed by atoms with Crippen LogP contribution >= 0.6 is 0 Å². The Labute approximate surface area is 146 Å². The van der Waals surface area contributed by atoms with E-state index in [1.165, 1.54) is 28.0 Å². The van der Waals surface area contributed by atoms with Gasteiger partial charge in [-0.15, -0.1) is 0 Å². The molecular formula is C18H24FN3O3. The molecular weight excluding hydrogens is 325 g/mol. The third kappa shape index (κ3) is 3.33. The molecule has 1 fully saturated rings. The smallest absolute Gasteiger partial charge is 0.321 e. The molecule has 0 radical (unpaired) electrons. The molecule has 25 heavy (non-hydrogen) atoms. The summed E-state index contributed by atoms with van der Waals surface area (Å²) in [6.45, 7) is 6.17. The predicted molar refractivity (Wildman–Crippen MR) is 91.4 cm³/mol. The molecule has 7 heteroatoms. The van der Waals surface area contributed by atoms with Gasteiger partial charge in [0.25, 0.3) is 0 Å². The number of β-amino-alcohol motifs (C(OH)–C–C–N with tert-alkyl or cyclic N) is 1. The van der Waals surface area contributed by atoms with Crippen LogP contribution < -0.4 is 5.32 Å². The molecule has 1 aromatic carbocycles. The van der Waals surface area contributed by atoms with Crippen molar-refractivity contribution < 1.29 is 19.1 Å². The van der Waals surface area contributed by atoms with E-state index in [9.17, 15) is 19.1 Å². The number of nitrogens with one attached hydrogen (secondary N) is 1. The van der Waals surface area contributed by atoms with Gasteiger partial charge < -0.3 is 20.2 Å². The van der Waals surface area contributed by atoms with Gasteiger partial charge >= 0.3 is 6.03 Å². The highest BCUT2D eigenvalue weighted by Gasteiger charge is 2.45. The van der Waals surface area contributed by atoms with E-state index in [4.69, 9.17) is 0 Å². The summed E-state index contributed by atoms with van der Waals surface area (Å²) in [6.07, 6.45) is 0.726. The number of aliphatic hydroxyl groups is 1. The van der Waals surface area contributed by atoms with Crippen LogP contribution in [-0.4, -0.2) is 51.6 Å². The second kappa shape index (κ2) is 6.29. The Bertz CT molecular complexity index is 699. The Morgan fingerprint density at radius 2 is 2.16 bits per heavy atom. The Balaban J connectivity index is 1.95. The van der Waals surface area contributed by atoms with Crippen molar-refractivity contribution in [3.05, 3.63) is 29.6 Å². The molecule has 3 amide bonds. The van der Waals surface area contributed by atoms with Crippen molar-refractivity contribution in [1.82, 2.24) is 9.80 Å². The van der Waals surface area contributed by atoms with E-state index in [1.54, 1.807) is 6.92 Å². The van der Waals surface area contributed by atoms with Crippen LogP contribution in [0.4, 0.5) is 14.9 Å². The fraction of sp³-hybridized carbons (Fsp3) is 0.556. The zero-order chi connectivity index (χ0) is 18.4. The van der Waals surface area contributed by atoms with E-state index in [2.05, 4.69) is 5.32 Å². The lowest BCUT2D eigenvalue weighted by Gasteiger charge is -2.47. The molecule has 6 nitrogen and oxygen atoms in total. The predicted octanol–water partition coefficient (Wildman–Crippen LogP) is 2.18. The second-order valence-corrected chi connectivity index (χ2v) is 7.38. The zero-order valence-corrected chi connectivity index (χ0v) is 14.8. The summed E-state index contributed by atoms with van der Waals surface area (Å²) in [7, 11) is 0. The molecule has 2 heterocycles. The van der Waals surface area contributed by atoms with Gasteiger partial charge in [-0.25, -0.2) is 9.18 Å². The highest BCUT2D eigenvalue weighted by atomic mass is 19.1. The molecule has 2 N–H and O–H groups in total. The highest BCUT2D eigenvalue weighted by molar-refractivity contribution is 5.99. The van der Waals surface area contributed by atoms with Crippen molar-refractivity contribution in [2.45, 2.75) is 45.4 Å². The molecule has 0 unspecified atom stereocenters. The first-order chi connectivity index (χ1) is 11.7. The number of rotatable bonds is 2. The molecule has 1 aromatic rings. The van der Waals surface area contributed by atoms with Gasteiger partial charge in [-0.2, -0.15) is 0 Å². The molecule has 2 atom stereocenters. The number of hydrogen-bond donors (Lipinski definition) is 2. The van der Waals surface area contributed by atoms with E-state index < -0.39 is 17.5 Å². The lowest BCUT2D eigenvalue weighted by atomic mass is 9.95. The standard InChI is InChI=1S/C18H24FN3O3/c1-4-11(2)15-16(23)20-14-6-5-13(19)7-12(14)8-22(15)17(24)21-9-18(3,25)10-21/h5-7,11,15,25H,4,8-10H2,1-3H3,(H,20,23)/t11-,15-/m0/s1. The number of anilines is 1. The van der Waals surface area contributed by atoms with Crippen LogP contribution in [0, 0.1) is 11.7 Å². The topological polar surface area (TPSA) is 72.9 Å². The van der Waals surface area contributed by atoms with Crippen LogP contribution in [0.15, 0.2) is 18.2 Å². The monoisotopic (exact) mass is 349 g/mol. The first-order valence-electron chi connectivity index (χ1n) is 8.59. The van der Waals surface area contributed by atoms with Gasteiger partial charge in [-0.05, 0) is 36.6 Å². The lowest BCUT2D eigenvalue weighted by molar-refractivity contribution is -0.123. The number of amides is 3. The molecule has 2 aliphatic rings. The summed E-state index contributed by atoms with van der Waals surface area (Å²) in [5, 5.41) is 12.7. The van der Waals surface area contributed by atoms with Gasteiger partial charge in [0.1, 0.15) is 11.9 Å². The third-order valence-corrected chi connectivity index (χ3v) is 5.03. The quantitative estimate of drug-likeness (QED) is 0.860. The van der Waals surface area contributed by atoms with Crippen LogP contribution in [0.3, 0.4) is 0 Å². The maximum atomic E-state index is 13.7. The number of benzene rings is 1. The van der Waals surface area contributed by atoms with Crippen molar-refractivity contribution in [1.29, 1.82) is 0 Å². The Morgan fingerprint density at radius 3 is 2.76 bits per heavy atom. The van der Waals surface area contributed by atoms with Crippen LogP contribution in [0.5, 0.6) is 0 Å². The number of nitrogens with zero attached hydrogens (tertiary/aromatic N) is 2. The fourth-order valence-corrected chi connectivity index (χ4v) is 3.51. The Morgan fingerprint density at radius 1 is 1.48 bits per heavy atom. The van der Waals surface area contributed by atoms with Crippen molar-refractivity contribution in [2.75, 3.05) is 18.4 Å². The minimum Gasteiger partial charge on any atom is -0.386 e. The van der Waals surface area contributed by atoms with E-state index in [0.29, 0.717) is 11.3 Å². The van der Waals surface area contributed by atoms with E-state index in [1.807, 2.05) is 13.8 Å². The van der Waals surface area contributed by atoms with Gasteiger partial charge in [0.2, 0.25) is 5.91 Å². The van der Waals surface area contributed by atoms with Gasteiger partial charge in [-0.1, -0.05) is 20.3 Å². The molecule has 0 saturated carbocycles. The van der Waals surface area contributed by atoms with Crippen LogP contribution in [0.25, 0.3) is 0 Å². The summed E-state index contributed by atoms with van der Waals surface area (Å²) >= 11 is 0. The van der Waals surface area contributed by atoms with Crippen molar-refractivity contribution in [3.63, 3.8) is 0 Å². The SMILES string of the molecule is CC[C@H](C)[C@H]1C(=O)Nc2ccc(F)cc2CN1C(=O)N1CC(C)(O)C1. The van der Waals surface area contributed by atoms with E-state index in [-0.39, 0.29) is 37.5 Å². The number of likely N-dealkylation sites (tertiary alicyclic amines) is 1. The molecule has 0 spiro atoms. The first-order valence-corrected chi connectivity index (χ1v) is 8.59. The third-order valence-electron chi connectivity index (χ3n) is 5.03. The Hall–Kier alpha value is -2.15. The van der Waals surface area contributed by atoms with Gasteiger partial charge in [0.15, 0.2) is 0 Å². The van der Waals surface area contributed by atoms with Crippen LogP contribution in [-0.2, 0) is 11.3 Å². The summed E-state index contributed by atoms with van der Waals surface area (Å²) in [5.74, 6) is -0.723. The van der Waals surface area contributed by atoms with Gasteiger partial charge in [-0.3, -0.25) is 4.79 Å². The molecule has 0 bridgehead atoms. The van der Waals surface area contributed by atoms with Crippen LogP contribution in [0.2, 0.25) is 0 Å². The van der Waals surface area contributed by atoms with Gasteiger partial charge in [0, 0.05) is 5.69 Å². The number of halogens is 1. The molecule has 0 aromatic heterocycles. The number of carbonyl (C=O) groups is 2. The number of fused-ring (bicyclic) bond motifs is 1. The summed E-state index contributed by atoms with van der Waals surface area (Å²) < 4.78 is 13.7. The maximum absolute atomic E-state index is 13.7. The maximum Gasteiger partial charge on any atom is 0.321 e. The molecule has 0 aliphatic carbocycles. The lowest BCUT2D eigenvalue weighted by Crippen LogP contribution is -2.66. The minimum atomic E-state index is -0.889. The number of urea groups is 1. The zero-order valence-electron chi connectivity index (χ0n) is 14.8. The fourth-order valence-electron chi connectivity index (χ4n) is 3.51. The summed E-state index contributed by atoms with van der Waals surface area (Å²) in [4.78, 5) is 28.8. The Kier molecular flexibility index (Phi) is 4.45. The largest absolute Gasteiger partial charge is 0.386 e. The highest BCUT2D eigenvalue weighted by Crippen LogP contribution is 2.30. The first kappa shape index (κ1) is 17.7. The number of hydrogen-bond acceptors (Lipinski definition) is 3.